The van der Waals surface area contributed by atoms with Crippen molar-refractivity contribution in [1.82, 2.24) is 14.5 Å². The fraction of sp³-hybridized carbons (Fsp3) is 0. The highest BCUT2D eigenvalue weighted by molar-refractivity contribution is 7.14. The van der Waals surface area contributed by atoms with E-state index in [0.717, 1.165) is 9.47 Å². The fourth-order valence-corrected chi connectivity index (χ4v) is 5.15. The first-order valence-corrected chi connectivity index (χ1v) is 11.7. The van der Waals surface area contributed by atoms with Gasteiger partial charge in [-0.05, 0) is 18.2 Å². The van der Waals surface area contributed by atoms with Gasteiger partial charge >= 0.3 is 5.69 Å². The van der Waals surface area contributed by atoms with Gasteiger partial charge in [0.05, 0.1) is 33.0 Å². The molecular formula is C25H13ClN4O4S. The molecule has 2 aromatic carbocycles. The van der Waals surface area contributed by atoms with E-state index in [9.17, 15) is 19.2 Å². The number of halogens is 1. The number of fused-ring (bicyclic) bond motifs is 2. The number of nitrogens with zero attached hydrogens (tertiary/aromatic N) is 3. The first-order chi connectivity index (χ1) is 17.0. The Morgan fingerprint density at radius 3 is 2.26 bits per heavy atom. The molecular weight excluding hydrogens is 488 g/mol. The number of hydrogen-bond donors (Lipinski definition) is 1. The summed E-state index contributed by atoms with van der Waals surface area (Å²) in [5.74, 6) is -1.31. The van der Waals surface area contributed by atoms with E-state index in [-0.39, 0.29) is 28.2 Å². The Hall–Kier alpha value is -4.34. The number of imide groups is 1. The summed E-state index contributed by atoms with van der Waals surface area (Å²) in [4.78, 5) is 61.6. The van der Waals surface area contributed by atoms with Crippen molar-refractivity contribution in [2.24, 2.45) is 0 Å². The van der Waals surface area contributed by atoms with Crippen molar-refractivity contribution >= 4 is 51.2 Å². The molecule has 0 aliphatic carbocycles. The lowest BCUT2D eigenvalue weighted by Gasteiger charge is -2.19. The van der Waals surface area contributed by atoms with Crippen LogP contribution >= 0.6 is 22.9 Å². The lowest BCUT2D eigenvalue weighted by molar-refractivity contribution is 0.0925. The van der Waals surface area contributed by atoms with Crippen molar-refractivity contribution in [1.29, 1.82) is 0 Å². The normalized spacial score (nSPS) is 13.0. The highest BCUT2D eigenvalue weighted by Crippen LogP contribution is 2.35. The molecule has 0 saturated heterocycles. The summed E-state index contributed by atoms with van der Waals surface area (Å²) in [6.45, 7) is 0. The van der Waals surface area contributed by atoms with E-state index in [1.54, 1.807) is 48.0 Å². The van der Waals surface area contributed by atoms with E-state index in [4.69, 9.17) is 11.6 Å². The molecule has 1 aliphatic rings. The highest BCUT2D eigenvalue weighted by Gasteiger charge is 2.40. The number of aromatic amines is 1. The first-order valence-electron chi connectivity index (χ1n) is 10.4. The van der Waals surface area contributed by atoms with Crippen molar-refractivity contribution in [3.63, 3.8) is 0 Å². The average Bonchev–Trinajstić information content (AvgIpc) is 3.40. The van der Waals surface area contributed by atoms with Gasteiger partial charge in [0.25, 0.3) is 17.4 Å². The SMILES string of the molecule is O=C1c2ccccc2C(=O)N1c1c(-c2csc(Cl)c2)[nH]c(=O)n(-c2cncc3ccccc23)c1=O. The van der Waals surface area contributed by atoms with Gasteiger partial charge in [-0.25, -0.2) is 14.3 Å². The van der Waals surface area contributed by atoms with Crippen molar-refractivity contribution in [3.8, 4) is 16.9 Å². The van der Waals surface area contributed by atoms with Gasteiger partial charge < -0.3 is 4.98 Å². The van der Waals surface area contributed by atoms with Crippen molar-refractivity contribution in [3.05, 3.63) is 109 Å². The third-order valence-corrected chi connectivity index (χ3v) is 6.93. The lowest BCUT2D eigenvalue weighted by atomic mass is 10.1. The van der Waals surface area contributed by atoms with E-state index < -0.39 is 23.1 Å². The van der Waals surface area contributed by atoms with Crippen LogP contribution in [0, 0.1) is 0 Å². The van der Waals surface area contributed by atoms with Crippen molar-refractivity contribution in [2.75, 3.05) is 4.90 Å². The van der Waals surface area contributed by atoms with Crippen LogP contribution in [0.25, 0.3) is 27.7 Å². The average molecular weight is 501 g/mol. The van der Waals surface area contributed by atoms with Crippen molar-refractivity contribution < 1.29 is 9.59 Å². The Labute approximate surface area is 205 Å². The van der Waals surface area contributed by atoms with Gasteiger partial charge in [0.1, 0.15) is 5.69 Å². The number of carbonyl (C=O) groups is 2. The molecule has 0 spiro atoms. The molecule has 0 bridgehead atoms. The number of nitrogens with one attached hydrogen (secondary N) is 1. The third kappa shape index (κ3) is 3.17. The summed E-state index contributed by atoms with van der Waals surface area (Å²) in [6, 6.07) is 15.0. The zero-order chi connectivity index (χ0) is 24.3. The Kier molecular flexibility index (Phi) is 4.77. The summed E-state index contributed by atoms with van der Waals surface area (Å²) in [7, 11) is 0. The number of aromatic nitrogens is 3. The minimum absolute atomic E-state index is 0.0297. The standard InChI is InChI=1S/C25H13ClN4O4S/c26-19-9-14(12-35-19)20-21(30-22(31)16-7-3-4-8-17(16)23(30)32)24(33)29(25(34)28-20)18-11-27-10-13-5-1-2-6-15(13)18/h1-12H,(H,28,34). The molecule has 0 fully saturated rings. The van der Waals surface area contributed by atoms with E-state index in [0.29, 0.717) is 20.7 Å². The Morgan fingerprint density at radius 1 is 0.886 bits per heavy atom. The molecule has 0 unspecified atom stereocenters. The van der Waals surface area contributed by atoms with Crippen LogP contribution in [0.4, 0.5) is 5.69 Å². The monoisotopic (exact) mass is 500 g/mol. The molecule has 1 N–H and O–H groups in total. The van der Waals surface area contributed by atoms with Gasteiger partial charge in [-0.2, -0.15) is 0 Å². The maximum absolute atomic E-state index is 14.0. The van der Waals surface area contributed by atoms with Crippen LogP contribution in [0.5, 0.6) is 0 Å². The summed E-state index contributed by atoms with van der Waals surface area (Å²) < 4.78 is 1.31. The number of H-pyrrole nitrogens is 1. The molecule has 3 aromatic heterocycles. The number of rotatable bonds is 3. The summed E-state index contributed by atoms with van der Waals surface area (Å²) >= 11 is 7.30. The molecule has 0 atom stereocenters. The number of benzene rings is 2. The Balaban J connectivity index is 1.69. The molecule has 0 radical (unpaired) electrons. The molecule has 0 saturated carbocycles. The van der Waals surface area contributed by atoms with Crippen LogP contribution in [0.2, 0.25) is 4.34 Å². The predicted octanol–water partition coefficient (Wildman–Crippen LogP) is 4.26. The largest absolute Gasteiger partial charge is 0.333 e. The van der Waals surface area contributed by atoms with Crippen LogP contribution in [0.3, 0.4) is 0 Å². The molecule has 35 heavy (non-hydrogen) atoms. The molecule has 1 aliphatic heterocycles. The minimum Gasteiger partial charge on any atom is -0.304 e. The number of carbonyl (C=O) groups excluding carboxylic acids is 2. The summed E-state index contributed by atoms with van der Waals surface area (Å²) in [5.41, 5.74) is -0.831. The topological polar surface area (TPSA) is 105 Å². The fourth-order valence-electron chi connectivity index (χ4n) is 4.27. The molecule has 4 heterocycles. The molecule has 6 rings (SSSR count). The molecule has 5 aromatic rings. The van der Waals surface area contributed by atoms with Crippen LogP contribution in [-0.2, 0) is 0 Å². The van der Waals surface area contributed by atoms with Crippen LogP contribution < -0.4 is 16.1 Å². The van der Waals surface area contributed by atoms with Gasteiger partial charge in [-0.3, -0.25) is 19.4 Å². The third-order valence-electron chi connectivity index (χ3n) is 5.84. The van der Waals surface area contributed by atoms with Gasteiger partial charge in [-0.1, -0.05) is 48.0 Å². The van der Waals surface area contributed by atoms with Crippen LogP contribution in [0.1, 0.15) is 20.7 Å². The predicted molar refractivity (Wildman–Crippen MR) is 134 cm³/mol. The van der Waals surface area contributed by atoms with E-state index >= 15 is 0 Å². The molecule has 2 amide bonds. The highest BCUT2D eigenvalue weighted by atomic mass is 35.5. The number of anilines is 1. The smallest absolute Gasteiger partial charge is 0.304 e. The number of hydrogen-bond acceptors (Lipinski definition) is 6. The lowest BCUT2D eigenvalue weighted by Crippen LogP contribution is -2.42. The number of pyridine rings is 1. The van der Waals surface area contributed by atoms with E-state index in [2.05, 4.69) is 9.97 Å². The Bertz CT molecular complexity index is 1780. The van der Waals surface area contributed by atoms with Crippen LogP contribution in [-0.4, -0.2) is 26.3 Å². The van der Waals surface area contributed by atoms with Gasteiger partial charge in [0, 0.05) is 27.9 Å². The van der Waals surface area contributed by atoms with Gasteiger partial charge in [0.15, 0.2) is 0 Å². The quantitative estimate of drug-likeness (QED) is 0.373. The summed E-state index contributed by atoms with van der Waals surface area (Å²) in [5, 5.41) is 2.96. The number of amides is 2. The van der Waals surface area contributed by atoms with Gasteiger partial charge in [-0.15, -0.1) is 11.3 Å². The second-order valence-corrected chi connectivity index (χ2v) is 9.35. The zero-order valence-corrected chi connectivity index (χ0v) is 19.3. The van der Waals surface area contributed by atoms with Crippen molar-refractivity contribution in [2.45, 2.75) is 0 Å². The molecule has 10 heteroatoms. The van der Waals surface area contributed by atoms with E-state index in [1.807, 2.05) is 6.07 Å². The maximum Gasteiger partial charge on any atom is 0.333 e. The van der Waals surface area contributed by atoms with E-state index in [1.165, 1.54) is 29.7 Å². The molecule has 8 nitrogen and oxygen atoms in total. The van der Waals surface area contributed by atoms with Crippen LogP contribution in [0.15, 0.2) is 82.0 Å². The molecule has 170 valence electrons. The minimum atomic E-state index is -0.835. The maximum atomic E-state index is 14.0. The second kappa shape index (κ2) is 7.86. The second-order valence-electron chi connectivity index (χ2n) is 7.80. The number of thiophene rings is 1. The first kappa shape index (κ1) is 21.2. The zero-order valence-electron chi connectivity index (χ0n) is 17.7. The Morgan fingerprint density at radius 2 is 1.57 bits per heavy atom. The van der Waals surface area contributed by atoms with Gasteiger partial charge in [0.2, 0.25) is 0 Å². The summed E-state index contributed by atoms with van der Waals surface area (Å²) in [6.07, 6.45) is 3.01.